The predicted molar refractivity (Wildman–Crippen MR) is 56.5 cm³/mol. The lowest BCUT2D eigenvalue weighted by molar-refractivity contribution is 0.139. The molecule has 0 unspecified atom stereocenters. The summed E-state index contributed by atoms with van der Waals surface area (Å²) in [5.74, 6) is 0. The zero-order valence-electron chi connectivity index (χ0n) is 9.19. The van der Waals surface area contributed by atoms with E-state index >= 15 is 0 Å². The smallest absolute Gasteiger partial charge is 0.473 e. The van der Waals surface area contributed by atoms with Crippen LogP contribution in [0.5, 0.6) is 0 Å². The van der Waals surface area contributed by atoms with Crippen molar-refractivity contribution in [3.8, 4) is 0 Å². The molecule has 1 aromatic rings. The highest BCUT2D eigenvalue weighted by Crippen LogP contribution is 2.01. The molecular weight excluding hydrogens is 179 g/mol. The molecular formula is C10H17BO3. The van der Waals surface area contributed by atoms with Crippen LogP contribution in [-0.4, -0.2) is 19.3 Å². The molecule has 1 rings (SSSR count). The molecule has 0 aliphatic heterocycles. The van der Waals surface area contributed by atoms with Crippen molar-refractivity contribution in [1.82, 2.24) is 0 Å². The second-order valence-corrected chi connectivity index (χ2v) is 3.76. The second kappa shape index (κ2) is 5.22. The van der Waals surface area contributed by atoms with Crippen LogP contribution in [-0.2, 0) is 9.31 Å². The van der Waals surface area contributed by atoms with Crippen molar-refractivity contribution in [2.45, 2.75) is 39.9 Å². The molecule has 0 atom stereocenters. The highest BCUT2D eigenvalue weighted by molar-refractivity contribution is 6.61. The Morgan fingerprint density at radius 1 is 1.14 bits per heavy atom. The van der Waals surface area contributed by atoms with Gasteiger partial charge in [0.15, 0.2) is 0 Å². The Kier molecular flexibility index (Phi) is 4.23. The van der Waals surface area contributed by atoms with Crippen LogP contribution in [0.4, 0.5) is 0 Å². The van der Waals surface area contributed by atoms with Crippen LogP contribution in [0, 0.1) is 0 Å². The van der Waals surface area contributed by atoms with Crippen molar-refractivity contribution < 1.29 is 13.7 Å². The Morgan fingerprint density at radius 2 is 1.71 bits per heavy atom. The molecule has 78 valence electrons. The van der Waals surface area contributed by atoms with E-state index < -0.39 is 0 Å². The third-order valence-corrected chi connectivity index (χ3v) is 1.61. The molecule has 0 saturated heterocycles. The van der Waals surface area contributed by atoms with E-state index in [9.17, 15) is 0 Å². The summed E-state index contributed by atoms with van der Waals surface area (Å²) in [5, 5.41) is 0. The number of hydrogen-bond acceptors (Lipinski definition) is 3. The van der Waals surface area contributed by atoms with Crippen molar-refractivity contribution in [1.29, 1.82) is 0 Å². The first-order valence-electron chi connectivity index (χ1n) is 4.92. The maximum Gasteiger partial charge on any atom is 0.497 e. The van der Waals surface area contributed by atoms with Gasteiger partial charge in [0, 0.05) is 17.7 Å². The normalized spacial score (nSPS) is 11.3. The van der Waals surface area contributed by atoms with Gasteiger partial charge in [0.05, 0.1) is 12.5 Å². The van der Waals surface area contributed by atoms with Crippen molar-refractivity contribution >= 4 is 12.6 Å². The van der Waals surface area contributed by atoms with Crippen LogP contribution in [0.3, 0.4) is 0 Å². The molecule has 0 aromatic carbocycles. The Hall–Kier alpha value is -0.735. The van der Waals surface area contributed by atoms with Crippen LogP contribution in [0.1, 0.15) is 27.7 Å². The lowest BCUT2D eigenvalue weighted by Gasteiger charge is -2.18. The van der Waals surface area contributed by atoms with Gasteiger partial charge in [-0.15, -0.1) is 0 Å². The maximum atomic E-state index is 5.62. The Balaban J connectivity index is 2.62. The average Bonchev–Trinajstić information content (AvgIpc) is 2.52. The lowest BCUT2D eigenvalue weighted by atomic mass is 9.80. The summed E-state index contributed by atoms with van der Waals surface area (Å²) in [6.45, 7) is 7.93. The summed E-state index contributed by atoms with van der Waals surface area (Å²) in [5.41, 5.74) is 0.924. The van der Waals surface area contributed by atoms with Gasteiger partial charge in [0.25, 0.3) is 0 Å². The van der Waals surface area contributed by atoms with E-state index in [0.717, 1.165) is 5.46 Å². The van der Waals surface area contributed by atoms with Gasteiger partial charge >= 0.3 is 7.12 Å². The largest absolute Gasteiger partial charge is 0.497 e. The first-order chi connectivity index (χ1) is 6.59. The van der Waals surface area contributed by atoms with Gasteiger partial charge in [0.1, 0.15) is 0 Å². The number of furan rings is 1. The highest BCUT2D eigenvalue weighted by Gasteiger charge is 2.24. The summed E-state index contributed by atoms with van der Waals surface area (Å²) >= 11 is 0. The van der Waals surface area contributed by atoms with Crippen molar-refractivity contribution in [2.24, 2.45) is 0 Å². The van der Waals surface area contributed by atoms with Crippen LogP contribution in [0.25, 0.3) is 0 Å². The van der Waals surface area contributed by atoms with Crippen molar-refractivity contribution in [2.75, 3.05) is 0 Å². The Bertz CT molecular complexity index is 234. The molecule has 1 aromatic heterocycles. The first kappa shape index (κ1) is 11.3. The molecule has 0 radical (unpaired) electrons. The molecule has 0 aliphatic carbocycles. The first-order valence-corrected chi connectivity index (χ1v) is 4.92. The van der Waals surface area contributed by atoms with Gasteiger partial charge in [0.2, 0.25) is 0 Å². The minimum atomic E-state index is -0.325. The summed E-state index contributed by atoms with van der Waals surface area (Å²) in [6, 6.07) is 1.86. The zero-order valence-corrected chi connectivity index (χ0v) is 9.19. The molecule has 0 aliphatic rings. The van der Waals surface area contributed by atoms with Gasteiger partial charge in [-0.2, -0.15) is 0 Å². The molecule has 3 nitrogen and oxygen atoms in total. The lowest BCUT2D eigenvalue weighted by Crippen LogP contribution is -2.40. The standard InChI is InChI=1S/C10H17BO3/c1-8(2)13-11(14-9(3)4)10-5-6-12-7-10/h5-9H,1-4H3. The summed E-state index contributed by atoms with van der Waals surface area (Å²) in [4.78, 5) is 0. The Labute approximate surface area is 85.5 Å². The molecule has 14 heavy (non-hydrogen) atoms. The molecule has 1 heterocycles. The van der Waals surface area contributed by atoms with E-state index in [1.165, 1.54) is 0 Å². The van der Waals surface area contributed by atoms with Crippen LogP contribution in [0.2, 0.25) is 0 Å². The van der Waals surface area contributed by atoms with E-state index in [0.29, 0.717) is 0 Å². The van der Waals surface area contributed by atoms with E-state index in [2.05, 4.69) is 0 Å². The average molecular weight is 196 g/mol. The predicted octanol–water partition coefficient (Wildman–Crippen LogP) is 1.82. The molecule has 0 saturated carbocycles. The second-order valence-electron chi connectivity index (χ2n) is 3.76. The third kappa shape index (κ3) is 3.56. The van der Waals surface area contributed by atoms with E-state index in [1.807, 2.05) is 33.8 Å². The molecule has 0 spiro atoms. The van der Waals surface area contributed by atoms with Gasteiger partial charge in [-0.05, 0) is 33.8 Å². The molecule has 0 bridgehead atoms. The van der Waals surface area contributed by atoms with Crippen molar-refractivity contribution in [3.05, 3.63) is 18.6 Å². The quantitative estimate of drug-likeness (QED) is 0.673. The summed E-state index contributed by atoms with van der Waals surface area (Å²) in [6.07, 6.45) is 3.53. The van der Waals surface area contributed by atoms with Crippen molar-refractivity contribution in [3.63, 3.8) is 0 Å². The fourth-order valence-corrected chi connectivity index (χ4v) is 1.09. The van der Waals surface area contributed by atoms with Gasteiger partial charge in [-0.1, -0.05) is 0 Å². The van der Waals surface area contributed by atoms with Gasteiger partial charge < -0.3 is 13.7 Å². The van der Waals surface area contributed by atoms with Crippen LogP contribution in [0.15, 0.2) is 23.0 Å². The molecule has 0 amide bonds. The third-order valence-electron chi connectivity index (χ3n) is 1.61. The SMILES string of the molecule is CC(C)OB(OC(C)C)c1ccoc1. The van der Waals surface area contributed by atoms with E-state index in [1.54, 1.807) is 12.5 Å². The summed E-state index contributed by atoms with van der Waals surface area (Å²) in [7, 11) is -0.325. The fraction of sp³-hybridized carbons (Fsp3) is 0.600. The highest BCUT2D eigenvalue weighted by atomic mass is 16.6. The van der Waals surface area contributed by atoms with Crippen LogP contribution < -0.4 is 5.46 Å². The van der Waals surface area contributed by atoms with E-state index in [-0.39, 0.29) is 19.3 Å². The monoisotopic (exact) mass is 196 g/mol. The summed E-state index contributed by atoms with van der Waals surface area (Å²) < 4.78 is 16.2. The zero-order chi connectivity index (χ0) is 10.6. The fourth-order valence-electron chi connectivity index (χ4n) is 1.09. The minimum Gasteiger partial charge on any atom is -0.473 e. The minimum absolute atomic E-state index is 0.133. The molecule has 4 heteroatoms. The molecule has 0 fully saturated rings. The van der Waals surface area contributed by atoms with Gasteiger partial charge in [-0.3, -0.25) is 0 Å². The topological polar surface area (TPSA) is 31.6 Å². The number of hydrogen-bond donors (Lipinski definition) is 0. The maximum absolute atomic E-state index is 5.62. The number of rotatable bonds is 5. The Morgan fingerprint density at radius 3 is 2.07 bits per heavy atom. The van der Waals surface area contributed by atoms with Crippen LogP contribution >= 0.6 is 0 Å². The van der Waals surface area contributed by atoms with E-state index in [4.69, 9.17) is 13.7 Å². The molecule has 0 N–H and O–H groups in total. The van der Waals surface area contributed by atoms with Gasteiger partial charge in [-0.25, -0.2) is 0 Å².